The second-order valence-electron chi connectivity index (χ2n) is 5.94. The lowest BCUT2D eigenvalue weighted by atomic mass is 10.1. The van der Waals surface area contributed by atoms with E-state index in [1.54, 1.807) is 0 Å². The van der Waals surface area contributed by atoms with E-state index < -0.39 is 0 Å². The molecule has 1 saturated heterocycles. The first-order valence-electron chi connectivity index (χ1n) is 8.09. The molecule has 21 heavy (non-hydrogen) atoms. The first-order valence-corrected chi connectivity index (χ1v) is 8.09. The van der Waals surface area contributed by atoms with Gasteiger partial charge in [-0.15, -0.1) is 0 Å². The Labute approximate surface area is 127 Å². The number of nitrogens with one attached hydrogen (secondary N) is 1. The van der Waals surface area contributed by atoms with E-state index in [1.165, 1.54) is 17.7 Å². The number of carbonyl (C=O) groups is 1. The second-order valence-corrected chi connectivity index (χ2v) is 5.94. The third kappa shape index (κ3) is 3.64. The monoisotopic (exact) mass is 292 g/mol. The molecule has 1 aromatic heterocycles. The fourth-order valence-corrected chi connectivity index (χ4v) is 3.24. The summed E-state index contributed by atoms with van der Waals surface area (Å²) in [5, 5.41) is 7.92. The van der Waals surface area contributed by atoms with Crippen molar-refractivity contribution in [2.75, 3.05) is 19.6 Å². The molecule has 0 spiro atoms. The Morgan fingerprint density at radius 1 is 1.29 bits per heavy atom. The average molecular weight is 292 g/mol. The van der Waals surface area contributed by atoms with Crippen molar-refractivity contribution < 1.29 is 4.79 Å². The van der Waals surface area contributed by atoms with Crippen molar-refractivity contribution in [1.82, 2.24) is 20.0 Å². The summed E-state index contributed by atoms with van der Waals surface area (Å²) in [6, 6.07) is 0.152. The van der Waals surface area contributed by atoms with Gasteiger partial charge in [0.25, 0.3) is 0 Å². The summed E-state index contributed by atoms with van der Waals surface area (Å²) in [4.78, 5) is 14.2. The first kappa shape index (κ1) is 16.0. The normalized spacial score (nSPS) is 17.0. The number of carbonyl (C=O) groups excluding carboxylic acids is 1. The van der Waals surface area contributed by atoms with Crippen LogP contribution in [0.25, 0.3) is 0 Å². The quantitative estimate of drug-likeness (QED) is 0.905. The van der Waals surface area contributed by atoms with Crippen molar-refractivity contribution in [1.29, 1.82) is 0 Å². The predicted molar refractivity (Wildman–Crippen MR) is 84.2 cm³/mol. The standard InChI is InChI=1S/C16H28N4O/c1-5-20-14(4)16(13(3)18-20)12(2)17-11-15(21)19-9-7-6-8-10-19/h12,17H,5-11H2,1-4H3. The van der Waals surface area contributed by atoms with Gasteiger partial charge in [0.1, 0.15) is 0 Å². The van der Waals surface area contributed by atoms with Crippen LogP contribution in [0.3, 0.4) is 0 Å². The van der Waals surface area contributed by atoms with Gasteiger partial charge in [-0.2, -0.15) is 5.10 Å². The Hall–Kier alpha value is -1.36. The summed E-state index contributed by atoms with van der Waals surface area (Å²) in [6.45, 7) is 11.5. The summed E-state index contributed by atoms with van der Waals surface area (Å²) in [7, 11) is 0. The third-order valence-corrected chi connectivity index (χ3v) is 4.44. The maximum atomic E-state index is 12.2. The molecule has 1 aliphatic rings. The van der Waals surface area contributed by atoms with Crippen molar-refractivity contribution in [2.24, 2.45) is 0 Å². The number of nitrogens with zero attached hydrogens (tertiary/aromatic N) is 3. The second kappa shape index (κ2) is 7.07. The van der Waals surface area contributed by atoms with Gasteiger partial charge in [-0.25, -0.2) is 0 Å². The fourth-order valence-electron chi connectivity index (χ4n) is 3.24. The maximum absolute atomic E-state index is 12.2. The largest absolute Gasteiger partial charge is 0.342 e. The molecule has 1 fully saturated rings. The Kier molecular flexibility index (Phi) is 5.39. The van der Waals surface area contributed by atoms with E-state index in [0.717, 1.165) is 38.2 Å². The molecule has 2 rings (SSSR count). The zero-order valence-electron chi connectivity index (χ0n) is 13.8. The van der Waals surface area contributed by atoms with Gasteiger partial charge in [-0.05, 0) is 47.0 Å². The fraction of sp³-hybridized carbons (Fsp3) is 0.750. The topological polar surface area (TPSA) is 50.2 Å². The van der Waals surface area contributed by atoms with Gasteiger partial charge >= 0.3 is 0 Å². The molecule has 0 radical (unpaired) electrons. The average Bonchev–Trinajstić information content (AvgIpc) is 2.79. The molecule has 1 unspecified atom stereocenters. The van der Waals surface area contributed by atoms with Gasteiger partial charge in [-0.3, -0.25) is 9.48 Å². The molecule has 5 nitrogen and oxygen atoms in total. The summed E-state index contributed by atoms with van der Waals surface area (Å²) >= 11 is 0. The smallest absolute Gasteiger partial charge is 0.236 e. The number of rotatable bonds is 5. The van der Waals surface area contributed by atoms with Gasteiger partial charge in [0, 0.05) is 36.9 Å². The third-order valence-electron chi connectivity index (χ3n) is 4.44. The molecule has 0 aliphatic carbocycles. The van der Waals surface area contributed by atoms with Gasteiger partial charge in [0.2, 0.25) is 5.91 Å². The lowest BCUT2D eigenvalue weighted by Gasteiger charge is -2.27. The van der Waals surface area contributed by atoms with E-state index in [4.69, 9.17) is 0 Å². The van der Waals surface area contributed by atoms with Crippen LogP contribution in [0.15, 0.2) is 0 Å². The van der Waals surface area contributed by atoms with Gasteiger partial charge < -0.3 is 10.2 Å². The minimum Gasteiger partial charge on any atom is -0.342 e. The summed E-state index contributed by atoms with van der Waals surface area (Å²) in [6.07, 6.45) is 3.54. The Balaban J connectivity index is 1.93. The molecule has 1 aliphatic heterocycles. The number of piperidine rings is 1. The molecule has 118 valence electrons. The zero-order valence-corrected chi connectivity index (χ0v) is 13.8. The number of aryl methyl sites for hydroxylation is 2. The van der Waals surface area contributed by atoms with E-state index in [-0.39, 0.29) is 11.9 Å². The number of aromatic nitrogens is 2. The first-order chi connectivity index (χ1) is 10.0. The molecule has 5 heteroatoms. The van der Waals surface area contributed by atoms with Gasteiger partial charge in [0.05, 0.1) is 12.2 Å². The minimum absolute atomic E-state index is 0.152. The highest BCUT2D eigenvalue weighted by molar-refractivity contribution is 5.78. The highest BCUT2D eigenvalue weighted by atomic mass is 16.2. The van der Waals surface area contributed by atoms with Crippen LogP contribution in [0.5, 0.6) is 0 Å². The van der Waals surface area contributed by atoms with E-state index in [2.05, 4.69) is 31.2 Å². The van der Waals surface area contributed by atoms with Crippen LogP contribution >= 0.6 is 0 Å². The van der Waals surface area contributed by atoms with E-state index in [1.807, 2.05) is 16.5 Å². The molecule has 1 atom stereocenters. The lowest BCUT2D eigenvalue weighted by molar-refractivity contribution is -0.131. The van der Waals surface area contributed by atoms with Gasteiger partial charge in [0.15, 0.2) is 0 Å². The Morgan fingerprint density at radius 3 is 2.52 bits per heavy atom. The van der Waals surface area contributed by atoms with E-state index in [9.17, 15) is 4.79 Å². The highest BCUT2D eigenvalue weighted by Gasteiger charge is 2.20. The lowest BCUT2D eigenvalue weighted by Crippen LogP contribution is -2.41. The zero-order chi connectivity index (χ0) is 15.4. The summed E-state index contributed by atoms with van der Waals surface area (Å²) in [5.74, 6) is 0.222. The molecule has 1 amide bonds. The van der Waals surface area contributed by atoms with Crippen molar-refractivity contribution in [3.05, 3.63) is 17.0 Å². The maximum Gasteiger partial charge on any atom is 0.236 e. The molecular weight excluding hydrogens is 264 g/mol. The van der Waals surface area contributed by atoms with E-state index >= 15 is 0 Å². The molecule has 1 aromatic rings. The number of amides is 1. The molecule has 0 aromatic carbocycles. The van der Waals surface area contributed by atoms with Crippen LogP contribution in [0.1, 0.15) is 56.1 Å². The highest BCUT2D eigenvalue weighted by Crippen LogP contribution is 2.21. The van der Waals surface area contributed by atoms with Crippen LogP contribution in [0.2, 0.25) is 0 Å². The molecular formula is C16H28N4O. The van der Waals surface area contributed by atoms with Crippen LogP contribution in [0.4, 0.5) is 0 Å². The minimum atomic E-state index is 0.152. The van der Waals surface area contributed by atoms with Gasteiger partial charge in [-0.1, -0.05) is 0 Å². The molecule has 0 bridgehead atoms. The van der Waals surface area contributed by atoms with Crippen LogP contribution < -0.4 is 5.32 Å². The van der Waals surface area contributed by atoms with Crippen molar-refractivity contribution in [2.45, 2.75) is 59.5 Å². The van der Waals surface area contributed by atoms with E-state index in [0.29, 0.717) is 6.54 Å². The molecule has 2 heterocycles. The van der Waals surface area contributed by atoms with Crippen molar-refractivity contribution in [3.63, 3.8) is 0 Å². The molecule has 0 saturated carbocycles. The Bertz CT molecular complexity index is 489. The summed E-state index contributed by atoms with van der Waals surface area (Å²) < 4.78 is 2.02. The molecule has 1 N–H and O–H groups in total. The summed E-state index contributed by atoms with van der Waals surface area (Å²) in [5.41, 5.74) is 3.48. The predicted octanol–water partition coefficient (Wildman–Crippen LogP) is 2.18. The number of likely N-dealkylation sites (tertiary alicyclic amines) is 1. The van der Waals surface area contributed by atoms with Crippen molar-refractivity contribution >= 4 is 5.91 Å². The number of hydrogen-bond donors (Lipinski definition) is 1. The number of hydrogen-bond acceptors (Lipinski definition) is 3. The van der Waals surface area contributed by atoms with Crippen LogP contribution in [-0.2, 0) is 11.3 Å². The van der Waals surface area contributed by atoms with Crippen molar-refractivity contribution in [3.8, 4) is 0 Å². The SMILES string of the molecule is CCn1nc(C)c(C(C)NCC(=O)N2CCCCC2)c1C. The Morgan fingerprint density at radius 2 is 1.95 bits per heavy atom. The van der Waals surface area contributed by atoms with Crippen LogP contribution in [-0.4, -0.2) is 40.2 Å². The van der Waals surface area contributed by atoms with Crippen LogP contribution in [0, 0.1) is 13.8 Å².